The molecular formula is C39H59Cl2N7O2. The zero-order valence-electron chi connectivity index (χ0n) is 29.9. The summed E-state index contributed by atoms with van der Waals surface area (Å²) >= 11 is 11.8. The van der Waals surface area contributed by atoms with E-state index in [2.05, 4.69) is 35.1 Å². The van der Waals surface area contributed by atoms with E-state index in [4.69, 9.17) is 32.7 Å². The first kappa shape index (κ1) is 36.6. The Balaban J connectivity index is 0.000000157. The molecule has 3 saturated carbocycles. The Labute approximate surface area is 310 Å². The quantitative estimate of drug-likeness (QED) is 0.235. The second-order valence-corrected chi connectivity index (χ2v) is 16.8. The van der Waals surface area contributed by atoms with Crippen LogP contribution < -0.4 is 15.1 Å². The number of aromatic nitrogens is 4. The lowest BCUT2D eigenvalue weighted by molar-refractivity contribution is 0.0243. The molecule has 0 aromatic carbocycles. The van der Waals surface area contributed by atoms with Crippen LogP contribution in [0.25, 0.3) is 0 Å². The van der Waals surface area contributed by atoms with Gasteiger partial charge in [-0.25, -0.2) is 19.9 Å². The Bertz CT molecular complexity index is 1180. The van der Waals surface area contributed by atoms with E-state index in [0.717, 1.165) is 99.9 Å². The molecule has 5 heterocycles. The van der Waals surface area contributed by atoms with Gasteiger partial charge in [0.1, 0.15) is 0 Å². The summed E-state index contributed by atoms with van der Waals surface area (Å²) < 4.78 is 12.2. The second-order valence-electron chi connectivity index (χ2n) is 15.9. The second kappa shape index (κ2) is 18.3. The van der Waals surface area contributed by atoms with Crippen molar-refractivity contribution in [2.24, 2.45) is 35.5 Å². The van der Waals surface area contributed by atoms with Gasteiger partial charge in [0.2, 0.25) is 11.9 Å². The van der Waals surface area contributed by atoms with Crippen LogP contribution >= 0.6 is 23.2 Å². The molecule has 11 heteroatoms. The molecule has 6 fully saturated rings. The van der Waals surface area contributed by atoms with Gasteiger partial charge in [0.15, 0.2) is 0 Å². The van der Waals surface area contributed by atoms with E-state index in [9.17, 15) is 0 Å². The summed E-state index contributed by atoms with van der Waals surface area (Å²) in [5.74, 6) is 7.14. The van der Waals surface area contributed by atoms with Gasteiger partial charge in [0.25, 0.3) is 0 Å². The maximum atomic E-state index is 6.12. The predicted molar refractivity (Wildman–Crippen MR) is 201 cm³/mol. The zero-order chi connectivity index (χ0) is 34.1. The van der Waals surface area contributed by atoms with Crippen LogP contribution in [-0.4, -0.2) is 84.6 Å². The zero-order valence-corrected chi connectivity index (χ0v) is 31.5. The van der Waals surface area contributed by atoms with Crippen LogP contribution in [0.15, 0.2) is 24.8 Å². The molecule has 2 aromatic rings. The van der Waals surface area contributed by atoms with Gasteiger partial charge in [-0.15, -0.1) is 0 Å². The SMILES string of the molecule is Clc1cnc(N2CCC([C@H]3C[C@H]3CCOC3CCCCC3)CC2)nc1.Clc1cnc(N2CCC([C@H]3C[C@H]3CCOC3CCNCC3)CC2)nc1. The molecular weight excluding hydrogens is 669 g/mol. The summed E-state index contributed by atoms with van der Waals surface area (Å²) in [5, 5.41) is 4.60. The third-order valence-electron chi connectivity index (χ3n) is 12.5. The molecule has 50 heavy (non-hydrogen) atoms. The van der Waals surface area contributed by atoms with Crippen LogP contribution in [-0.2, 0) is 9.47 Å². The lowest BCUT2D eigenvalue weighted by Crippen LogP contribution is -2.35. The van der Waals surface area contributed by atoms with E-state index in [-0.39, 0.29) is 0 Å². The van der Waals surface area contributed by atoms with Gasteiger partial charge in [-0.2, -0.15) is 0 Å². The number of hydrogen-bond donors (Lipinski definition) is 1. The van der Waals surface area contributed by atoms with Gasteiger partial charge in [-0.1, -0.05) is 42.5 Å². The maximum Gasteiger partial charge on any atom is 0.225 e. The van der Waals surface area contributed by atoms with Crippen LogP contribution in [0.3, 0.4) is 0 Å². The van der Waals surface area contributed by atoms with Crippen molar-refractivity contribution in [3.8, 4) is 0 Å². The molecule has 0 amide bonds. The highest BCUT2D eigenvalue weighted by Gasteiger charge is 2.44. The van der Waals surface area contributed by atoms with Crippen LogP contribution in [0.1, 0.15) is 96.3 Å². The molecule has 2 aromatic heterocycles. The standard InChI is InChI=1S/C20H30ClN3O.C19H29ClN4O/c21-17-13-22-20(23-14-17)24-9-6-15(7-10-24)19-12-16(19)8-11-25-18-4-2-1-3-5-18;20-16-12-22-19(23-13-16)24-8-3-14(4-9-24)18-11-15(18)5-10-25-17-1-6-21-7-2-17/h13-16,18-19H,1-12H2;12-15,17-18,21H,1-11H2/t16-,19-;15-,18-/m11/s1. The maximum absolute atomic E-state index is 6.12. The molecule has 276 valence electrons. The third-order valence-corrected chi connectivity index (χ3v) is 12.9. The number of rotatable bonds is 12. The van der Waals surface area contributed by atoms with Crippen molar-refractivity contribution in [3.05, 3.63) is 34.8 Å². The molecule has 3 saturated heterocycles. The van der Waals surface area contributed by atoms with E-state index in [1.165, 1.54) is 96.3 Å². The van der Waals surface area contributed by atoms with Crippen LogP contribution in [0, 0.1) is 35.5 Å². The van der Waals surface area contributed by atoms with Gasteiger partial charge in [0, 0.05) is 39.4 Å². The van der Waals surface area contributed by atoms with E-state index in [0.29, 0.717) is 22.3 Å². The Hall–Kier alpha value is -1.78. The first-order valence-corrected chi connectivity index (χ1v) is 20.7. The summed E-state index contributed by atoms with van der Waals surface area (Å²) in [6, 6.07) is 0. The Kier molecular flexibility index (Phi) is 13.4. The summed E-state index contributed by atoms with van der Waals surface area (Å²) in [6.45, 7) is 8.48. The number of nitrogens with zero attached hydrogens (tertiary/aromatic N) is 6. The highest BCUT2D eigenvalue weighted by atomic mass is 35.5. The van der Waals surface area contributed by atoms with Crippen molar-refractivity contribution in [2.75, 3.05) is 62.3 Å². The van der Waals surface area contributed by atoms with Crippen LogP contribution in [0.5, 0.6) is 0 Å². The van der Waals surface area contributed by atoms with Gasteiger partial charge in [0.05, 0.1) is 47.0 Å². The Morgan fingerprint density at radius 2 is 1.00 bits per heavy atom. The van der Waals surface area contributed by atoms with Crippen molar-refractivity contribution < 1.29 is 9.47 Å². The predicted octanol–water partition coefficient (Wildman–Crippen LogP) is 7.86. The smallest absolute Gasteiger partial charge is 0.225 e. The molecule has 6 aliphatic rings. The average Bonchev–Trinajstić information content (AvgIpc) is 4.11. The molecule has 0 unspecified atom stereocenters. The lowest BCUT2D eigenvalue weighted by Gasteiger charge is -2.32. The Morgan fingerprint density at radius 3 is 1.44 bits per heavy atom. The minimum absolute atomic E-state index is 0.501. The summed E-state index contributed by atoms with van der Waals surface area (Å²) in [4.78, 5) is 22.0. The van der Waals surface area contributed by atoms with E-state index in [1.807, 2.05) is 0 Å². The van der Waals surface area contributed by atoms with Crippen molar-refractivity contribution >= 4 is 35.1 Å². The molecule has 1 N–H and O–H groups in total. The minimum atomic E-state index is 0.501. The van der Waals surface area contributed by atoms with Gasteiger partial charge >= 0.3 is 0 Å². The number of anilines is 2. The number of nitrogens with one attached hydrogen (secondary N) is 1. The number of piperidine rings is 3. The fraction of sp³-hybridized carbons (Fsp3) is 0.795. The third kappa shape index (κ3) is 10.6. The first-order valence-electron chi connectivity index (χ1n) is 20.0. The lowest BCUT2D eigenvalue weighted by atomic mass is 9.90. The topological polar surface area (TPSA) is 88.5 Å². The molecule has 0 spiro atoms. The molecule has 9 nitrogen and oxygen atoms in total. The monoisotopic (exact) mass is 727 g/mol. The number of ether oxygens (including phenoxy) is 2. The number of hydrogen-bond acceptors (Lipinski definition) is 9. The van der Waals surface area contributed by atoms with Crippen molar-refractivity contribution in [2.45, 2.75) is 109 Å². The average molecular weight is 729 g/mol. The van der Waals surface area contributed by atoms with E-state index in [1.54, 1.807) is 24.8 Å². The normalized spacial score (nSPS) is 28.3. The highest BCUT2D eigenvalue weighted by molar-refractivity contribution is 6.30. The van der Waals surface area contributed by atoms with Gasteiger partial charge < -0.3 is 24.6 Å². The summed E-state index contributed by atoms with van der Waals surface area (Å²) in [6.07, 6.45) is 27.4. The molecule has 0 radical (unpaired) electrons. The van der Waals surface area contributed by atoms with Crippen molar-refractivity contribution in [1.82, 2.24) is 25.3 Å². The Morgan fingerprint density at radius 1 is 0.580 bits per heavy atom. The highest BCUT2D eigenvalue weighted by Crippen LogP contribution is 2.51. The first-order chi connectivity index (χ1) is 24.6. The molecule has 8 rings (SSSR count). The molecule has 3 aliphatic heterocycles. The van der Waals surface area contributed by atoms with E-state index >= 15 is 0 Å². The summed E-state index contributed by atoms with van der Waals surface area (Å²) in [5.41, 5.74) is 0. The summed E-state index contributed by atoms with van der Waals surface area (Å²) in [7, 11) is 0. The number of halogens is 2. The van der Waals surface area contributed by atoms with Crippen LogP contribution in [0.4, 0.5) is 11.9 Å². The molecule has 4 atom stereocenters. The largest absolute Gasteiger partial charge is 0.378 e. The molecule has 0 bridgehead atoms. The fourth-order valence-electron chi connectivity index (χ4n) is 9.32. The van der Waals surface area contributed by atoms with Gasteiger partial charge in [-0.05, 0) is 126 Å². The van der Waals surface area contributed by atoms with Gasteiger partial charge in [-0.3, -0.25) is 0 Å². The minimum Gasteiger partial charge on any atom is -0.378 e. The molecule has 3 aliphatic carbocycles. The van der Waals surface area contributed by atoms with E-state index < -0.39 is 0 Å². The van der Waals surface area contributed by atoms with Crippen LogP contribution in [0.2, 0.25) is 10.0 Å². The van der Waals surface area contributed by atoms with Crippen molar-refractivity contribution in [3.63, 3.8) is 0 Å². The van der Waals surface area contributed by atoms with Crippen molar-refractivity contribution in [1.29, 1.82) is 0 Å². The fourth-order valence-corrected chi connectivity index (χ4v) is 9.51.